The molecule has 4 rings (SSSR count). The van der Waals surface area contributed by atoms with Gasteiger partial charge in [-0.3, -0.25) is 13.9 Å². The minimum atomic E-state index is -1.22. The highest BCUT2D eigenvalue weighted by atomic mass is 32.2. The number of anilines is 1. The van der Waals surface area contributed by atoms with Gasteiger partial charge in [0.15, 0.2) is 4.34 Å². The molecule has 0 spiro atoms. The Kier molecular flexibility index (Phi) is 6.85. The van der Waals surface area contributed by atoms with E-state index in [1.54, 1.807) is 24.3 Å². The van der Waals surface area contributed by atoms with E-state index in [0.29, 0.717) is 26.9 Å². The molecule has 0 radical (unpaired) electrons. The van der Waals surface area contributed by atoms with Gasteiger partial charge in [0.2, 0.25) is 5.91 Å². The number of cyclic esters (lactones) is 1. The Hall–Kier alpha value is -3.11. The predicted molar refractivity (Wildman–Crippen MR) is 125 cm³/mol. The van der Waals surface area contributed by atoms with Crippen LogP contribution in [0.2, 0.25) is 0 Å². The topological polar surface area (TPSA) is 88.6 Å². The minimum absolute atomic E-state index is 0.206. The van der Waals surface area contributed by atoms with Crippen LogP contribution in [0.5, 0.6) is 0 Å². The lowest BCUT2D eigenvalue weighted by Crippen LogP contribution is -2.33. The van der Waals surface area contributed by atoms with Crippen LogP contribution in [0.3, 0.4) is 0 Å². The van der Waals surface area contributed by atoms with E-state index in [0.717, 1.165) is 11.3 Å². The number of aromatic nitrogens is 1. The highest BCUT2D eigenvalue weighted by Gasteiger charge is 2.32. The quantitative estimate of drug-likeness (QED) is 0.544. The Morgan fingerprint density at radius 1 is 1.30 bits per heavy atom. The van der Waals surface area contributed by atoms with Crippen LogP contribution in [0.4, 0.5) is 14.9 Å². The molecule has 3 aromatic rings. The summed E-state index contributed by atoms with van der Waals surface area (Å²) in [6.45, 7) is 3.68. The first kappa shape index (κ1) is 23.1. The van der Waals surface area contributed by atoms with E-state index < -0.39 is 28.8 Å². The molecule has 0 bridgehead atoms. The van der Waals surface area contributed by atoms with Gasteiger partial charge in [0.05, 0.1) is 35.3 Å². The number of amides is 2. The number of hydrogen-bond donors (Lipinski definition) is 1. The molecule has 172 valence electrons. The number of thiazole rings is 1. The Labute approximate surface area is 197 Å². The molecule has 2 amide bonds. The number of halogens is 1. The van der Waals surface area contributed by atoms with Crippen molar-refractivity contribution >= 4 is 39.8 Å². The summed E-state index contributed by atoms with van der Waals surface area (Å²) in [6.07, 6.45) is -1.07. The summed E-state index contributed by atoms with van der Waals surface area (Å²) >= 11 is 1.38. The molecule has 0 saturated carbocycles. The number of nitrogens with zero attached hydrogens (tertiary/aromatic N) is 2. The van der Waals surface area contributed by atoms with Crippen molar-refractivity contribution < 1.29 is 22.9 Å². The monoisotopic (exact) mass is 487 g/mol. The van der Waals surface area contributed by atoms with Crippen LogP contribution in [0.1, 0.15) is 18.2 Å². The van der Waals surface area contributed by atoms with Gasteiger partial charge in [-0.25, -0.2) is 14.2 Å². The fraction of sp³-hybridized carbons (Fsp3) is 0.261. The molecule has 1 aliphatic heterocycles. The van der Waals surface area contributed by atoms with Crippen LogP contribution in [0, 0.1) is 12.7 Å². The van der Waals surface area contributed by atoms with Crippen molar-refractivity contribution in [1.29, 1.82) is 0 Å². The van der Waals surface area contributed by atoms with Crippen LogP contribution in [-0.4, -0.2) is 40.4 Å². The molecule has 2 aromatic carbocycles. The van der Waals surface area contributed by atoms with Gasteiger partial charge in [0.25, 0.3) is 0 Å². The summed E-state index contributed by atoms with van der Waals surface area (Å²) in [5.74, 6) is -0.346. The lowest BCUT2D eigenvalue weighted by molar-refractivity contribution is -0.119. The second-order valence-corrected chi connectivity index (χ2v) is 10.1. The Morgan fingerprint density at radius 3 is 2.70 bits per heavy atom. The fourth-order valence-electron chi connectivity index (χ4n) is 3.43. The van der Waals surface area contributed by atoms with Crippen molar-refractivity contribution in [3.05, 3.63) is 64.9 Å². The predicted octanol–water partition coefficient (Wildman–Crippen LogP) is 4.03. The first-order valence-electron chi connectivity index (χ1n) is 10.2. The van der Waals surface area contributed by atoms with Gasteiger partial charge in [-0.05, 0) is 36.2 Å². The molecule has 1 N–H and O–H groups in total. The molecular formula is C23H22FN3O4S2. The lowest BCUT2D eigenvalue weighted by atomic mass is 10.0. The zero-order valence-corrected chi connectivity index (χ0v) is 19.7. The number of ether oxygens (including phenoxy) is 1. The van der Waals surface area contributed by atoms with Crippen molar-refractivity contribution in [3.8, 4) is 11.1 Å². The van der Waals surface area contributed by atoms with Gasteiger partial charge in [0, 0.05) is 23.6 Å². The van der Waals surface area contributed by atoms with Crippen molar-refractivity contribution in [2.24, 2.45) is 0 Å². The molecule has 7 nitrogen and oxygen atoms in total. The second kappa shape index (κ2) is 9.80. The van der Waals surface area contributed by atoms with E-state index in [1.807, 2.05) is 24.4 Å². The maximum Gasteiger partial charge on any atom is 0.414 e. The average Bonchev–Trinajstić information content (AvgIpc) is 3.38. The molecule has 1 unspecified atom stereocenters. The van der Waals surface area contributed by atoms with Gasteiger partial charge < -0.3 is 10.1 Å². The molecule has 1 saturated heterocycles. The normalized spacial score (nSPS) is 16.5. The van der Waals surface area contributed by atoms with Crippen LogP contribution < -0.4 is 10.2 Å². The highest BCUT2D eigenvalue weighted by Crippen LogP contribution is 2.29. The van der Waals surface area contributed by atoms with Crippen LogP contribution in [-0.2, 0) is 26.1 Å². The number of carbonyl (C=O) groups excluding carboxylic acids is 2. The third-order valence-electron chi connectivity index (χ3n) is 5.07. The molecule has 1 aromatic heterocycles. The van der Waals surface area contributed by atoms with E-state index in [2.05, 4.69) is 10.3 Å². The maximum atomic E-state index is 14.9. The Bertz CT molecular complexity index is 1210. The lowest BCUT2D eigenvalue weighted by Gasteiger charge is -2.14. The van der Waals surface area contributed by atoms with Crippen LogP contribution >= 0.6 is 11.3 Å². The van der Waals surface area contributed by atoms with Crippen LogP contribution in [0.25, 0.3) is 11.1 Å². The first-order valence-corrected chi connectivity index (χ1v) is 12.4. The fourth-order valence-corrected chi connectivity index (χ4v) is 5.57. The number of benzene rings is 2. The number of aryl methyl sites for hydroxylation is 1. The molecule has 1 fully saturated rings. The summed E-state index contributed by atoms with van der Waals surface area (Å²) in [6, 6.07) is 11.8. The summed E-state index contributed by atoms with van der Waals surface area (Å²) in [5.41, 5.74) is 3.17. The van der Waals surface area contributed by atoms with Crippen molar-refractivity contribution in [1.82, 2.24) is 10.3 Å². The van der Waals surface area contributed by atoms with E-state index in [-0.39, 0.29) is 19.0 Å². The van der Waals surface area contributed by atoms with Gasteiger partial charge in [-0.15, -0.1) is 11.3 Å². The van der Waals surface area contributed by atoms with Gasteiger partial charge in [-0.2, -0.15) is 0 Å². The van der Waals surface area contributed by atoms with E-state index in [9.17, 15) is 18.2 Å². The SMILES string of the molecule is CC(=O)NC[C@H]1CN(c2ccc(-c3ccc(CS(=O)c4nc(C)cs4)cc3)c(F)c2)C(=O)O1. The molecular weight excluding hydrogens is 465 g/mol. The van der Waals surface area contributed by atoms with Gasteiger partial charge in [0.1, 0.15) is 11.9 Å². The Balaban J connectivity index is 1.44. The highest BCUT2D eigenvalue weighted by molar-refractivity contribution is 7.86. The first-order chi connectivity index (χ1) is 15.8. The zero-order valence-electron chi connectivity index (χ0n) is 18.0. The van der Waals surface area contributed by atoms with E-state index >= 15 is 0 Å². The van der Waals surface area contributed by atoms with Crippen molar-refractivity contribution in [2.75, 3.05) is 18.0 Å². The smallest absolute Gasteiger partial charge is 0.414 e. The molecule has 10 heteroatoms. The number of carbonyl (C=O) groups is 2. The maximum absolute atomic E-state index is 14.9. The minimum Gasteiger partial charge on any atom is -0.442 e. The summed E-state index contributed by atoms with van der Waals surface area (Å²) in [5, 5.41) is 4.48. The molecule has 2 heterocycles. The van der Waals surface area contributed by atoms with E-state index in [4.69, 9.17) is 4.74 Å². The van der Waals surface area contributed by atoms with Crippen molar-refractivity contribution in [3.63, 3.8) is 0 Å². The van der Waals surface area contributed by atoms with Crippen LogP contribution in [0.15, 0.2) is 52.2 Å². The van der Waals surface area contributed by atoms with E-state index in [1.165, 1.54) is 29.2 Å². The van der Waals surface area contributed by atoms with Crippen molar-refractivity contribution in [2.45, 2.75) is 30.0 Å². The molecule has 1 aliphatic rings. The summed E-state index contributed by atoms with van der Waals surface area (Å²) < 4.78 is 33.2. The molecule has 0 aliphatic carbocycles. The number of nitrogens with one attached hydrogen (secondary N) is 1. The third kappa shape index (κ3) is 5.45. The zero-order chi connectivity index (χ0) is 23.5. The van der Waals surface area contributed by atoms with Gasteiger partial charge in [-0.1, -0.05) is 24.3 Å². The largest absolute Gasteiger partial charge is 0.442 e. The molecule has 2 atom stereocenters. The second-order valence-electron chi connectivity index (χ2n) is 7.66. The summed E-state index contributed by atoms with van der Waals surface area (Å²) in [7, 11) is -1.22. The third-order valence-corrected chi connectivity index (χ3v) is 7.75. The molecule has 33 heavy (non-hydrogen) atoms. The Morgan fingerprint density at radius 2 is 2.06 bits per heavy atom. The summed E-state index contributed by atoms with van der Waals surface area (Å²) in [4.78, 5) is 28.8. The number of rotatable bonds is 7. The number of hydrogen-bond acceptors (Lipinski definition) is 6. The average molecular weight is 488 g/mol. The standard InChI is InChI=1S/C23H22FN3O4S2/c1-14-12-32-22(26-14)33(30)13-16-3-5-17(6-4-16)20-8-7-18(9-21(20)24)27-11-19(31-23(27)29)10-25-15(2)28/h3-9,12,19H,10-11,13H2,1-2H3,(H,25,28)/t19-,33?/m0/s1. The van der Waals surface area contributed by atoms with Gasteiger partial charge >= 0.3 is 6.09 Å².